The summed E-state index contributed by atoms with van der Waals surface area (Å²) < 4.78 is 19.0. The van der Waals surface area contributed by atoms with Crippen LogP contribution < -0.4 is 4.74 Å². The normalized spacial score (nSPS) is 10.4. The number of carbonyl (C=O) groups excluding carboxylic acids is 1. The van der Waals surface area contributed by atoms with Gasteiger partial charge in [-0.15, -0.1) is 0 Å². The van der Waals surface area contributed by atoms with Gasteiger partial charge < -0.3 is 4.74 Å². The minimum Gasteiger partial charge on any atom is -0.496 e. The summed E-state index contributed by atoms with van der Waals surface area (Å²) in [6.07, 6.45) is 0.123. The SMILES string of the molecule is COc1ccc(C)cc1C(=O)Cc1cccc(F)c1Br. The molecule has 0 aliphatic rings. The Morgan fingerprint density at radius 1 is 1.30 bits per heavy atom. The Morgan fingerprint density at radius 3 is 2.75 bits per heavy atom. The molecule has 0 saturated heterocycles. The third-order valence-corrected chi connectivity index (χ3v) is 3.93. The third kappa shape index (κ3) is 3.07. The van der Waals surface area contributed by atoms with Crippen molar-refractivity contribution in [3.05, 3.63) is 63.4 Å². The lowest BCUT2D eigenvalue weighted by Gasteiger charge is -2.09. The Balaban J connectivity index is 2.33. The van der Waals surface area contributed by atoms with Crippen molar-refractivity contribution in [1.82, 2.24) is 0 Å². The van der Waals surface area contributed by atoms with E-state index >= 15 is 0 Å². The Morgan fingerprint density at radius 2 is 2.05 bits per heavy atom. The van der Waals surface area contributed by atoms with Gasteiger partial charge in [-0.3, -0.25) is 4.79 Å². The van der Waals surface area contributed by atoms with Gasteiger partial charge >= 0.3 is 0 Å². The van der Waals surface area contributed by atoms with Crippen molar-refractivity contribution in [2.45, 2.75) is 13.3 Å². The molecule has 0 amide bonds. The Labute approximate surface area is 125 Å². The van der Waals surface area contributed by atoms with Gasteiger partial charge in [0.05, 0.1) is 17.1 Å². The minimum absolute atomic E-state index is 0.100. The molecule has 2 nitrogen and oxygen atoms in total. The largest absolute Gasteiger partial charge is 0.496 e. The van der Waals surface area contributed by atoms with Crippen LogP contribution in [-0.2, 0) is 6.42 Å². The molecule has 2 aromatic carbocycles. The molecule has 0 aromatic heterocycles. The summed E-state index contributed by atoms with van der Waals surface area (Å²) in [4.78, 5) is 12.4. The van der Waals surface area contributed by atoms with E-state index in [1.54, 1.807) is 24.3 Å². The standard InChI is InChI=1S/C16H14BrFO2/c1-10-6-7-15(20-2)12(8-10)14(19)9-11-4-3-5-13(18)16(11)17/h3-8H,9H2,1-2H3. The topological polar surface area (TPSA) is 26.3 Å². The molecule has 0 bridgehead atoms. The van der Waals surface area contributed by atoms with Gasteiger partial charge in [0.25, 0.3) is 0 Å². The summed E-state index contributed by atoms with van der Waals surface area (Å²) >= 11 is 3.17. The van der Waals surface area contributed by atoms with Crippen LogP contribution in [0.5, 0.6) is 5.75 Å². The highest BCUT2D eigenvalue weighted by Gasteiger charge is 2.15. The first-order chi connectivity index (χ1) is 9.52. The molecule has 0 unspecified atom stereocenters. The van der Waals surface area contributed by atoms with E-state index in [0.717, 1.165) is 5.56 Å². The van der Waals surface area contributed by atoms with E-state index in [0.29, 0.717) is 21.3 Å². The molecule has 20 heavy (non-hydrogen) atoms. The van der Waals surface area contributed by atoms with E-state index in [4.69, 9.17) is 4.74 Å². The first-order valence-corrected chi connectivity index (χ1v) is 6.93. The lowest BCUT2D eigenvalue weighted by atomic mass is 10.0. The van der Waals surface area contributed by atoms with Gasteiger partial charge in [-0.2, -0.15) is 0 Å². The van der Waals surface area contributed by atoms with Gasteiger partial charge in [0.1, 0.15) is 11.6 Å². The van der Waals surface area contributed by atoms with Crippen molar-refractivity contribution in [3.63, 3.8) is 0 Å². The van der Waals surface area contributed by atoms with E-state index in [1.807, 2.05) is 13.0 Å². The number of aryl methyl sites for hydroxylation is 1. The number of hydrogen-bond acceptors (Lipinski definition) is 2. The van der Waals surface area contributed by atoms with E-state index in [2.05, 4.69) is 15.9 Å². The summed E-state index contributed by atoms with van der Waals surface area (Å²) in [5.74, 6) is 0.0662. The fraction of sp³-hybridized carbons (Fsp3) is 0.188. The van der Waals surface area contributed by atoms with Crippen LogP contribution in [0.4, 0.5) is 4.39 Å². The van der Waals surface area contributed by atoms with Gasteiger partial charge in [0.15, 0.2) is 5.78 Å². The molecule has 2 aromatic rings. The van der Waals surface area contributed by atoms with E-state index in [9.17, 15) is 9.18 Å². The van der Waals surface area contributed by atoms with E-state index < -0.39 is 0 Å². The summed E-state index contributed by atoms with van der Waals surface area (Å²) in [6, 6.07) is 10.1. The molecule has 0 radical (unpaired) electrons. The maximum Gasteiger partial charge on any atom is 0.171 e. The van der Waals surface area contributed by atoms with Crippen LogP contribution in [0.15, 0.2) is 40.9 Å². The molecule has 104 valence electrons. The van der Waals surface area contributed by atoms with Gasteiger partial charge in [0, 0.05) is 6.42 Å². The molecule has 0 atom stereocenters. The smallest absolute Gasteiger partial charge is 0.171 e. The van der Waals surface area contributed by atoms with Crippen molar-refractivity contribution in [3.8, 4) is 5.75 Å². The molecule has 0 aliphatic heterocycles. The van der Waals surface area contributed by atoms with Crippen molar-refractivity contribution in [2.24, 2.45) is 0 Å². The zero-order valence-corrected chi connectivity index (χ0v) is 12.8. The van der Waals surface area contributed by atoms with Crippen molar-refractivity contribution < 1.29 is 13.9 Å². The predicted molar refractivity (Wildman–Crippen MR) is 79.9 cm³/mol. The maximum absolute atomic E-state index is 13.5. The molecule has 0 fully saturated rings. The highest BCUT2D eigenvalue weighted by molar-refractivity contribution is 9.10. The number of benzene rings is 2. The second-order valence-corrected chi connectivity index (χ2v) is 5.31. The predicted octanol–water partition coefficient (Wildman–Crippen LogP) is 4.33. The number of Topliss-reactive ketones (excluding diaryl/α,β-unsaturated/α-hetero) is 1. The molecule has 0 N–H and O–H groups in total. The highest BCUT2D eigenvalue weighted by atomic mass is 79.9. The molecule has 2 rings (SSSR count). The van der Waals surface area contributed by atoms with Crippen LogP contribution in [0.1, 0.15) is 21.5 Å². The lowest BCUT2D eigenvalue weighted by molar-refractivity contribution is 0.0989. The molecule has 0 spiro atoms. The van der Waals surface area contributed by atoms with Crippen molar-refractivity contribution >= 4 is 21.7 Å². The van der Waals surface area contributed by atoms with Crippen LogP contribution in [0.2, 0.25) is 0 Å². The monoisotopic (exact) mass is 336 g/mol. The second kappa shape index (κ2) is 6.18. The first-order valence-electron chi connectivity index (χ1n) is 6.13. The summed E-state index contributed by atoms with van der Waals surface area (Å²) in [6.45, 7) is 1.91. The minimum atomic E-state index is -0.369. The molecule has 0 saturated carbocycles. The number of ether oxygens (including phenoxy) is 1. The fourth-order valence-electron chi connectivity index (χ4n) is 1.99. The lowest BCUT2D eigenvalue weighted by Crippen LogP contribution is -2.07. The van der Waals surface area contributed by atoms with Gasteiger partial charge in [-0.1, -0.05) is 23.8 Å². The zero-order valence-electron chi connectivity index (χ0n) is 11.2. The van der Waals surface area contributed by atoms with Crippen LogP contribution >= 0.6 is 15.9 Å². The molecule has 0 aliphatic carbocycles. The summed E-state index contributed by atoms with van der Waals surface area (Å²) in [7, 11) is 1.53. The molecule has 4 heteroatoms. The maximum atomic E-state index is 13.5. The van der Waals surface area contributed by atoms with Crippen molar-refractivity contribution in [1.29, 1.82) is 0 Å². The van der Waals surface area contributed by atoms with Gasteiger partial charge in [-0.05, 0) is 46.6 Å². The average molecular weight is 337 g/mol. The first kappa shape index (κ1) is 14.7. The number of hydrogen-bond donors (Lipinski definition) is 0. The average Bonchev–Trinajstić information content (AvgIpc) is 2.43. The molecule has 0 heterocycles. The van der Waals surface area contributed by atoms with Crippen LogP contribution in [0, 0.1) is 12.7 Å². The summed E-state index contributed by atoms with van der Waals surface area (Å²) in [5.41, 5.74) is 2.12. The molecular weight excluding hydrogens is 323 g/mol. The van der Waals surface area contributed by atoms with Gasteiger partial charge in [-0.25, -0.2) is 4.39 Å². The number of halogens is 2. The van der Waals surface area contributed by atoms with Crippen LogP contribution in [0.3, 0.4) is 0 Å². The second-order valence-electron chi connectivity index (χ2n) is 4.52. The number of methoxy groups -OCH3 is 1. The quantitative estimate of drug-likeness (QED) is 0.776. The van der Waals surface area contributed by atoms with Crippen LogP contribution in [0.25, 0.3) is 0 Å². The number of ketones is 1. The Bertz CT molecular complexity index is 653. The third-order valence-electron chi connectivity index (χ3n) is 3.04. The Hall–Kier alpha value is -1.68. The number of carbonyl (C=O) groups is 1. The molecular formula is C16H14BrFO2. The zero-order chi connectivity index (χ0) is 14.7. The number of rotatable bonds is 4. The van der Waals surface area contributed by atoms with E-state index in [-0.39, 0.29) is 18.0 Å². The van der Waals surface area contributed by atoms with Crippen molar-refractivity contribution in [2.75, 3.05) is 7.11 Å². The highest BCUT2D eigenvalue weighted by Crippen LogP contribution is 2.25. The van der Waals surface area contributed by atoms with Crippen LogP contribution in [-0.4, -0.2) is 12.9 Å². The summed E-state index contributed by atoms with van der Waals surface area (Å²) in [5, 5.41) is 0. The fourth-order valence-corrected chi connectivity index (χ4v) is 2.40. The van der Waals surface area contributed by atoms with E-state index in [1.165, 1.54) is 13.2 Å². The Kier molecular flexibility index (Phi) is 4.55. The van der Waals surface area contributed by atoms with Gasteiger partial charge in [0.2, 0.25) is 0 Å².